The van der Waals surface area contributed by atoms with E-state index in [9.17, 15) is 4.79 Å². The van der Waals surface area contributed by atoms with Crippen LogP contribution in [-0.2, 0) is 11.3 Å². The molecule has 0 spiro atoms. The molecule has 2 saturated carbocycles. The van der Waals surface area contributed by atoms with Gasteiger partial charge in [0, 0.05) is 43.4 Å². The summed E-state index contributed by atoms with van der Waals surface area (Å²) in [6.07, 6.45) is 14.4. The Hall–Kier alpha value is -1.32. The van der Waals surface area contributed by atoms with Crippen molar-refractivity contribution in [3.8, 4) is 0 Å². The van der Waals surface area contributed by atoms with E-state index < -0.39 is 0 Å². The largest absolute Gasteiger partial charge is 0.342 e. The Morgan fingerprint density at radius 1 is 1.08 bits per heavy atom. The SMILES string of the molecule is Cc1cnc(C2CC2)n1CCC1CCN(C(=O)C2CCCCC2)CC1. The highest BCUT2D eigenvalue weighted by Crippen LogP contribution is 2.39. The molecule has 4 rings (SSSR count). The number of carbonyl (C=O) groups is 1. The summed E-state index contributed by atoms with van der Waals surface area (Å²) in [4.78, 5) is 19.5. The number of amides is 1. The fourth-order valence-electron chi connectivity index (χ4n) is 4.80. The van der Waals surface area contributed by atoms with Crippen molar-refractivity contribution in [1.29, 1.82) is 0 Å². The smallest absolute Gasteiger partial charge is 0.225 e. The van der Waals surface area contributed by atoms with E-state index in [-0.39, 0.29) is 0 Å². The van der Waals surface area contributed by atoms with Gasteiger partial charge in [-0.15, -0.1) is 0 Å². The highest BCUT2D eigenvalue weighted by Gasteiger charge is 2.30. The monoisotopic (exact) mass is 343 g/mol. The number of hydrogen-bond acceptors (Lipinski definition) is 2. The summed E-state index contributed by atoms with van der Waals surface area (Å²) in [7, 11) is 0. The van der Waals surface area contributed by atoms with Crippen LogP contribution in [-0.4, -0.2) is 33.4 Å². The molecule has 0 N–H and O–H groups in total. The lowest BCUT2D eigenvalue weighted by Crippen LogP contribution is -2.42. The van der Waals surface area contributed by atoms with Crippen molar-refractivity contribution in [3.05, 3.63) is 17.7 Å². The highest BCUT2D eigenvalue weighted by atomic mass is 16.2. The molecule has 1 aliphatic heterocycles. The summed E-state index contributed by atoms with van der Waals surface area (Å²) in [6, 6.07) is 0. The van der Waals surface area contributed by atoms with E-state index in [1.54, 1.807) is 0 Å². The van der Waals surface area contributed by atoms with Gasteiger partial charge in [-0.3, -0.25) is 4.79 Å². The highest BCUT2D eigenvalue weighted by molar-refractivity contribution is 5.79. The van der Waals surface area contributed by atoms with Gasteiger partial charge in [0.1, 0.15) is 5.82 Å². The zero-order valence-electron chi connectivity index (χ0n) is 15.8. The molecule has 1 saturated heterocycles. The maximum atomic E-state index is 12.7. The number of aryl methyl sites for hydroxylation is 1. The Labute approximate surface area is 152 Å². The van der Waals surface area contributed by atoms with Gasteiger partial charge in [0.15, 0.2) is 0 Å². The first kappa shape index (κ1) is 17.1. The average Bonchev–Trinajstić information content (AvgIpc) is 3.44. The van der Waals surface area contributed by atoms with Crippen LogP contribution in [0.1, 0.15) is 81.6 Å². The Morgan fingerprint density at radius 2 is 1.80 bits per heavy atom. The third kappa shape index (κ3) is 3.93. The van der Waals surface area contributed by atoms with Crippen LogP contribution in [0.3, 0.4) is 0 Å². The Balaban J connectivity index is 1.25. The molecule has 4 heteroatoms. The predicted octanol–water partition coefficient (Wildman–Crippen LogP) is 4.28. The molecule has 1 aromatic heterocycles. The van der Waals surface area contributed by atoms with Crippen LogP contribution in [0.4, 0.5) is 0 Å². The van der Waals surface area contributed by atoms with E-state index in [1.807, 2.05) is 6.20 Å². The minimum atomic E-state index is 0.333. The second-order valence-electron chi connectivity index (χ2n) is 8.58. The fourth-order valence-corrected chi connectivity index (χ4v) is 4.80. The Morgan fingerprint density at radius 3 is 2.48 bits per heavy atom. The minimum absolute atomic E-state index is 0.333. The van der Waals surface area contributed by atoms with Gasteiger partial charge in [0.25, 0.3) is 0 Å². The molecule has 3 aliphatic rings. The third-order valence-corrected chi connectivity index (χ3v) is 6.67. The van der Waals surface area contributed by atoms with E-state index in [4.69, 9.17) is 0 Å². The third-order valence-electron chi connectivity index (χ3n) is 6.67. The zero-order valence-corrected chi connectivity index (χ0v) is 15.8. The summed E-state index contributed by atoms with van der Waals surface area (Å²) < 4.78 is 2.46. The first-order valence-electron chi connectivity index (χ1n) is 10.5. The number of imidazole rings is 1. The second-order valence-corrected chi connectivity index (χ2v) is 8.58. The molecule has 0 bridgehead atoms. The lowest BCUT2D eigenvalue weighted by molar-refractivity contribution is -0.138. The maximum absolute atomic E-state index is 12.7. The molecule has 0 radical (unpaired) electrons. The van der Waals surface area contributed by atoms with Gasteiger partial charge in [0.2, 0.25) is 5.91 Å². The lowest BCUT2D eigenvalue weighted by atomic mass is 9.87. The Bertz CT molecular complexity index is 590. The number of rotatable bonds is 5. The van der Waals surface area contributed by atoms with Crippen LogP contribution in [0.25, 0.3) is 0 Å². The van der Waals surface area contributed by atoms with Crippen molar-refractivity contribution in [2.45, 2.75) is 83.6 Å². The number of nitrogens with zero attached hydrogens (tertiary/aromatic N) is 3. The molecule has 138 valence electrons. The standard InChI is InChI=1S/C21H33N3O/c1-16-15-22-20(18-7-8-18)24(16)14-11-17-9-12-23(13-10-17)21(25)19-5-3-2-4-6-19/h15,17-19H,2-14H2,1H3. The quantitative estimate of drug-likeness (QED) is 0.800. The number of aromatic nitrogens is 2. The van der Waals surface area contributed by atoms with Gasteiger partial charge in [-0.05, 0) is 57.8 Å². The zero-order chi connectivity index (χ0) is 17.2. The van der Waals surface area contributed by atoms with Crippen molar-refractivity contribution < 1.29 is 4.79 Å². The minimum Gasteiger partial charge on any atom is -0.342 e. The van der Waals surface area contributed by atoms with Crippen LogP contribution in [0.2, 0.25) is 0 Å². The molecule has 4 nitrogen and oxygen atoms in total. The molecule has 25 heavy (non-hydrogen) atoms. The topological polar surface area (TPSA) is 38.1 Å². The maximum Gasteiger partial charge on any atom is 0.225 e. The molecule has 0 aromatic carbocycles. The first-order chi connectivity index (χ1) is 12.2. The molecular formula is C21H33N3O. The van der Waals surface area contributed by atoms with Crippen molar-refractivity contribution in [2.75, 3.05) is 13.1 Å². The van der Waals surface area contributed by atoms with E-state index in [0.717, 1.165) is 44.3 Å². The van der Waals surface area contributed by atoms with E-state index >= 15 is 0 Å². The second kappa shape index (κ2) is 7.51. The van der Waals surface area contributed by atoms with Gasteiger partial charge in [-0.2, -0.15) is 0 Å². The van der Waals surface area contributed by atoms with Crippen LogP contribution in [0, 0.1) is 18.8 Å². The number of carbonyl (C=O) groups excluding carboxylic acids is 1. The van der Waals surface area contributed by atoms with Crippen LogP contribution >= 0.6 is 0 Å². The number of hydrogen-bond donors (Lipinski definition) is 0. The molecule has 1 aromatic rings. The molecule has 2 heterocycles. The predicted molar refractivity (Wildman–Crippen MR) is 99.4 cm³/mol. The molecule has 1 amide bonds. The van der Waals surface area contributed by atoms with Gasteiger partial charge < -0.3 is 9.47 Å². The van der Waals surface area contributed by atoms with Gasteiger partial charge >= 0.3 is 0 Å². The van der Waals surface area contributed by atoms with Gasteiger partial charge in [-0.25, -0.2) is 4.98 Å². The van der Waals surface area contributed by atoms with Crippen LogP contribution < -0.4 is 0 Å². The van der Waals surface area contributed by atoms with E-state index in [1.165, 1.54) is 62.9 Å². The summed E-state index contributed by atoms with van der Waals surface area (Å²) in [5.41, 5.74) is 1.31. The van der Waals surface area contributed by atoms with Gasteiger partial charge in [0.05, 0.1) is 0 Å². The molecule has 0 atom stereocenters. The van der Waals surface area contributed by atoms with Crippen molar-refractivity contribution in [2.24, 2.45) is 11.8 Å². The molecule has 3 fully saturated rings. The average molecular weight is 344 g/mol. The van der Waals surface area contributed by atoms with Gasteiger partial charge in [-0.1, -0.05) is 19.3 Å². The number of piperidine rings is 1. The van der Waals surface area contributed by atoms with E-state index in [2.05, 4.69) is 21.4 Å². The molecule has 2 aliphatic carbocycles. The first-order valence-corrected chi connectivity index (χ1v) is 10.5. The molecule has 0 unspecified atom stereocenters. The summed E-state index contributed by atoms with van der Waals surface area (Å²) in [5.74, 6) is 3.61. The Kier molecular flexibility index (Phi) is 5.14. The summed E-state index contributed by atoms with van der Waals surface area (Å²) in [5, 5.41) is 0. The van der Waals surface area contributed by atoms with Crippen molar-refractivity contribution in [1.82, 2.24) is 14.5 Å². The van der Waals surface area contributed by atoms with E-state index in [0.29, 0.717) is 11.8 Å². The van der Waals surface area contributed by atoms with Crippen LogP contribution in [0.15, 0.2) is 6.20 Å². The van der Waals surface area contributed by atoms with Crippen LogP contribution in [0.5, 0.6) is 0 Å². The fraction of sp³-hybridized carbons (Fsp3) is 0.810. The number of likely N-dealkylation sites (tertiary alicyclic amines) is 1. The summed E-state index contributed by atoms with van der Waals surface area (Å²) >= 11 is 0. The lowest BCUT2D eigenvalue weighted by Gasteiger charge is -2.35. The summed E-state index contributed by atoms with van der Waals surface area (Å²) in [6.45, 7) is 5.26. The molecular weight excluding hydrogens is 310 g/mol. The van der Waals surface area contributed by atoms with Crippen molar-refractivity contribution >= 4 is 5.91 Å². The van der Waals surface area contributed by atoms with Crippen molar-refractivity contribution in [3.63, 3.8) is 0 Å². The normalized spacial score (nSPS) is 23.2.